The molecule has 0 radical (unpaired) electrons. The Morgan fingerprint density at radius 1 is 1.31 bits per heavy atom. The van der Waals surface area contributed by atoms with Gasteiger partial charge in [-0.05, 0) is 38.8 Å². The van der Waals surface area contributed by atoms with Crippen LogP contribution in [-0.4, -0.2) is 25.7 Å². The van der Waals surface area contributed by atoms with Crippen molar-refractivity contribution in [1.29, 1.82) is 0 Å². The van der Waals surface area contributed by atoms with Gasteiger partial charge in [0.1, 0.15) is 10.4 Å². The third-order valence-corrected chi connectivity index (χ3v) is 5.14. The number of anilines is 1. The molecule has 9 heteroatoms. The normalized spacial score (nSPS) is 11.0. The Labute approximate surface area is 153 Å². The zero-order valence-electron chi connectivity index (χ0n) is 15.2. The van der Waals surface area contributed by atoms with E-state index < -0.39 is 5.91 Å². The maximum atomic E-state index is 12.5. The van der Waals surface area contributed by atoms with Crippen LogP contribution in [0.3, 0.4) is 0 Å². The van der Waals surface area contributed by atoms with Crippen LogP contribution in [-0.2, 0) is 13.5 Å². The summed E-state index contributed by atoms with van der Waals surface area (Å²) < 4.78 is 7.00. The van der Waals surface area contributed by atoms with Crippen molar-refractivity contribution in [2.45, 2.75) is 34.1 Å². The predicted molar refractivity (Wildman–Crippen MR) is 98.6 cm³/mol. The van der Waals surface area contributed by atoms with E-state index in [4.69, 9.17) is 4.42 Å². The first-order valence-electron chi connectivity index (χ1n) is 8.10. The second kappa shape index (κ2) is 6.83. The minimum absolute atomic E-state index is 0.0340. The number of rotatable bonds is 4. The standard InChI is InChI=1S/C17H19N5O3S/c1-6-12-8(2)7-11(16(24)22(12)5)14(23)19-17-21-20-15(25-17)13-9(3)18-10(4)26-13/h7H,6H2,1-5H3,(H,19,21,23). The van der Waals surface area contributed by atoms with Gasteiger partial charge in [0, 0.05) is 12.7 Å². The maximum Gasteiger partial charge on any atom is 0.322 e. The fourth-order valence-electron chi connectivity index (χ4n) is 2.87. The summed E-state index contributed by atoms with van der Waals surface area (Å²) in [6.07, 6.45) is 0.708. The molecule has 0 aliphatic rings. The van der Waals surface area contributed by atoms with Gasteiger partial charge in [-0.15, -0.1) is 16.4 Å². The van der Waals surface area contributed by atoms with E-state index in [1.165, 1.54) is 15.9 Å². The highest BCUT2D eigenvalue weighted by molar-refractivity contribution is 7.15. The van der Waals surface area contributed by atoms with Crippen LogP contribution in [0.4, 0.5) is 6.01 Å². The molecule has 1 amide bonds. The Morgan fingerprint density at radius 3 is 2.65 bits per heavy atom. The molecule has 0 atom stereocenters. The van der Waals surface area contributed by atoms with Crippen molar-refractivity contribution in [3.05, 3.63) is 43.9 Å². The summed E-state index contributed by atoms with van der Waals surface area (Å²) in [5.74, 6) is -0.294. The molecule has 0 aliphatic carbocycles. The average Bonchev–Trinajstić information content (AvgIpc) is 3.17. The van der Waals surface area contributed by atoms with E-state index in [0.29, 0.717) is 6.42 Å². The van der Waals surface area contributed by atoms with Gasteiger partial charge in [-0.2, -0.15) is 0 Å². The summed E-state index contributed by atoms with van der Waals surface area (Å²) >= 11 is 1.43. The van der Waals surface area contributed by atoms with Gasteiger partial charge in [0.2, 0.25) is 0 Å². The molecule has 0 saturated heterocycles. The van der Waals surface area contributed by atoms with Crippen molar-refractivity contribution < 1.29 is 9.21 Å². The van der Waals surface area contributed by atoms with Crippen LogP contribution in [0.15, 0.2) is 15.3 Å². The summed E-state index contributed by atoms with van der Waals surface area (Å²) in [5.41, 5.74) is 2.23. The van der Waals surface area contributed by atoms with Crippen LogP contribution in [0.25, 0.3) is 10.8 Å². The number of thiazole rings is 1. The van der Waals surface area contributed by atoms with Gasteiger partial charge in [0.25, 0.3) is 17.4 Å². The van der Waals surface area contributed by atoms with Gasteiger partial charge in [-0.25, -0.2) is 4.98 Å². The summed E-state index contributed by atoms with van der Waals surface area (Å²) in [5, 5.41) is 11.2. The lowest BCUT2D eigenvalue weighted by Crippen LogP contribution is -2.30. The first kappa shape index (κ1) is 18.0. The largest absolute Gasteiger partial charge is 0.402 e. The third-order valence-electron chi connectivity index (χ3n) is 4.08. The van der Waals surface area contributed by atoms with E-state index >= 15 is 0 Å². The lowest BCUT2D eigenvalue weighted by molar-refractivity contribution is 0.102. The Morgan fingerprint density at radius 2 is 2.04 bits per heavy atom. The van der Waals surface area contributed by atoms with Crippen LogP contribution in [0, 0.1) is 20.8 Å². The molecule has 8 nitrogen and oxygen atoms in total. The van der Waals surface area contributed by atoms with E-state index in [0.717, 1.165) is 26.8 Å². The molecule has 0 unspecified atom stereocenters. The Balaban J connectivity index is 1.88. The Bertz CT molecular complexity index is 1050. The zero-order valence-corrected chi connectivity index (χ0v) is 16.0. The molecule has 1 N–H and O–H groups in total. The number of nitrogens with zero attached hydrogens (tertiary/aromatic N) is 4. The minimum Gasteiger partial charge on any atom is -0.402 e. The lowest BCUT2D eigenvalue weighted by atomic mass is 10.1. The summed E-state index contributed by atoms with van der Waals surface area (Å²) in [6.45, 7) is 7.57. The molecule has 0 spiro atoms. The lowest BCUT2D eigenvalue weighted by Gasteiger charge is -2.11. The number of amides is 1. The van der Waals surface area contributed by atoms with Gasteiger partial charge >= 0.3 is 6.01 Å². The molecule has 0 saturated carbocycles. The van der Waals surface area contributed by atoms with E-state index in [9.17, 15) is 9.59 Å². The number of aromatic nitrogens is 4. The van der Waals surface area contributed by atoms with Gasteiger partial charge in [0.05, 0.1) is 10.7 Å². The smallest absolute Gasteiger partial charge is 0.322 e. The Kier molecular flexibility index (Phi) is 4.73. The first-order chi connectivity index (χ1) is 12.3. The van der Waals surface area contributed by atoms with E-state index in [2.05, 4.69) is 20.5 Å². The van der Waals surface area contributed by atoms with Crippen molar-refractivity contribution in [3.63, 3.8) is 0 Å². The molecule has 3 rings (SSSR count). The molecular weight excluding hydrogens is 354 g/mol. The zero-order chi connectivity index (χ0) is 19.0. The number of pyridine rings is 1. The van der Waals surface area contributed by atoms with Crippen molar-refractivity contribution in [2.24, 2.45) is 7.05 Å². The second-order valence-electron chi connectivity index (χ2n) is 5.92. The van der Waals surface area contributed by atoms with Crippen LogP contribution in [0.5, 0.6) is 0 Å². The van der Waals surface area contributed by atoms with Crippen LogP contribution in [0.2, 0.25) is 0 Å². The second-order valence-corrected chi connectivity index (χ2v) is 7.12. The molecule has 0 fully saturated rings. The van der Waals surface area contributed by atoms with E-state index in [-0.39, 0.29) is 23.0 Å². The predicted octanol–water partition coefficient (Wildman–Crippen LogP) is 2.63. The fraction of sp³-hybridized carbons (Fsp3) is 0.353. The molecule has 3 aromatic heterocycles. The maximum absolute atomic E-state index is 12.5. The molecular formula is C17H19N5O3S. The number of aryl methyl sites for hydroxylation is 3. The SMILES string of the molecule is CCc1c(C)cc(C(=O)Nc2nnc(-c3sc(C)nc3C)o2)c(=O)n1C. The monoisotopic (exact) mass is 373 g/mol. The molecule has 0 aromatic carbocycles. The molecule has 0 aliphatic heterocycles. The van der Waals surface area contributed by atoms with Crippen molar-refractivity contribution in [2.75, 3.05) is 5.32 Å². The quantitative estimate of drug-likeness (QED) is 0.754. The van der Waals surface area contributed by atoms with Gasteiger partial charge < -0.3 is 8.98 Å². The number of carbonyl (C=O) groups is 1. The molecule has 3 heterocycles. The fourth-order valence-corrected chi connectivity index (χ4v) is 3.71. The average molecular weight is 373 g/mol. The van der Waals surface area contributed by atoms with Gasteiger partial charge in [-0.1, -0.05) is 12.0 Å². The molecule has 26 heavy (non-hydrogen) atoms. The highest BCUT2D eigenvalue weighted by Crippen LogP contribution is 2.29. The van der Waals surface area contributed by atoms with E-state index in [1.54, 1.807) is 13.1 Å². The molecule has 0 bridgehead atoms. The summed E-state index contributed by atoms with van der Waals surface area (Å²) in [7, 11) is 1.66. The number of carbonyl (C=O) groups excluding carboxylic acids is 1. The molecule has 3 aromatic rings. The van der Waals surface area contributed by atoms with Gasteiger partial charge in [0.15, 0.2) is 0 Å². The Hall–Kier alpha value is -2.81. The first-order valence-corrected chi connectivity index (χ1v) is 8.92. The van der Waals surface area contributed by atoms with Crippen LogP contribution >= 0.6 is 11.3 Å². The van der Waals surface area contributed by atoms with Crippen molar-refractivity contribution >= 4 is 23.3 Å². The van der Waals surface area contributed by atoms with Crippen LogP contribution in [0.1, 0.15) is 39.2 Å². The van der Waals surface area contributed by atoms with Crippen molar-refractivity contribution in [3.8, 4) is 10.8 Å². The summed E-state index contributed by atoms with van der Waals surface area (Å²) in [4.78, 5) is 30.0. The number of hydrogen-bond acceptors (Lipinski definition) is 7. The minimum atomic E-state index is -0.580. The highest BCUT2D eigenvalue weighted by Gasteiger charge is 2.19. The molecule has 136 valence electrons. The summed E-state index contributed by atoms with van der Waals surface area (Å²) in [6, 6.07) is 1.53. The number of nitrogens with one attached hydrogen (secondary N) is 1. The topological polar surface area (TPSA) is 103 Å². The van der Waals surface area contributed by atoms with Crippen LogP contribution < -0.4 is 10.9 Å². The van der Waals surface area contributed by atoms with E-state index in [1.807, 2.05) is 27.7 Å². The third kappa shape index (κ3) is 3.17. The highest BCUT2D eigenvalue weighted by atomic mass is 32.1. The van der Waals surface area contributed by atoms with Crippen molar-refractivity contribution in [1.82, 2.24) is 19.7 Å². The number of hydrogen-bond donors (Lipinski definition) is 1. The van der Waals surface area contributed by atoms with Gasteiger partial charge in [-0.3, -0.25) is 14.9 Å².